The van der Waals surface area contributed by atoms with Crippen LogP contribution in [0.2, 0.25) is 0 Å². The lowest BCUT2D eigenvalue weighted by Crippen LogP contribution is -2.13. The molecule has 3 N–H and O–H groups in total. The third-order valence-electron chi connectivity index (χ3n) is 3.78. The Morgan fingerprint density at radius 3 is 2.15 bits per heavy atom. The van der Waals surface area contributed by atoms with Gasteiger partial charge in [0.25, 0.3) is 17.3 Å². The first-order chi connectivity index (χ1) is 12.3. The molecule has 0 fully saturated rings. The van der Waals surface area contributed by atoms with Crippen molar-refractivity contribution in [2.75, 3.05) is 5.32 Å². The number of nitro groups is 2. The van der Waals surface area contributed by atoms with Crippen LogP contribution < -0.4 is 11.0 Å². The van der Waals surface area contributed by atoms with Crippen molar-refractivity contribution in [1.82, 2.24) is 9.97 Å². The minimum absolute atomic E-state index is 0.136. The van der Waals surface area contributed by atoms with E-state index in [2.05, 4.69) is 15.3 Å². The molecule has 0 saturated heterocycles. The second-order valence-corrected chi connectivity index (χ2v) is 5.45. The third kappa shape index (κ3) is 3.00. The van der Waals surface area contributed by atoms with Crippen molar-refractivity contribution in [1.29, 1.82) is 0 Å². The summed E-state index contributed by atoms with van der Waals surface area (Å²) in [7, 11) is 0. The highest BCUT2D eigenvalue weighted by Gasteiger charge is 2.25. The molecule has 2 aromatic carbocycles. The number of anilines is 1. The van der Waals surface area contributed by atoms with Gasteiger partial charge in [0.1, 0.15) is 5.56 Å². The minimum atomic E-state index is -0.782. The van der Waals surface area contributed by atoms with Gasteiger partial charge in [-0.1, -0.05) is 0 Å². The van der Waals surface area contributed by atoms with Crippen LogP contribution in [-0.4, -0.2) is 25.7 Å². The quantitative estimate of drug-likeness (QED) is 0.478. The summed E-state index contributed by atoms with van der Waals surface area (Å²) < 4.78 is 0. The van der Waals surface area contributed by atoms with E-state index in [1.165, 1.54) is 19.1 Å². The van der Waals surface area contributed by atoms with Crippen molar-refractivity contribution in [3.8, 4) is 0 Å². The predicted molar refractivity (Wildman–Crippen MR) is 91.4 cm³/mol. The van der Waals surface area contributed by atoms with E-state index < -0.39 is 32.8 Å². The number of imidazole rings is 1. The summed E-state index contributed by atoms with van der Waals surface area (Å²) >= 11 is 0. The van der Waals surface area contributed by atoms with Crippen molar-refractivity contribution < 1.29 is 14.6 Å². The largest absolute Gasteiger partial charge is 0.323 e. The molecule has 132 valence electrons. The van der Waals surface area contributed by atoms with Gasteiger partial charge in [0.05, 0.1) is 26.4 Å². The number of carbonyl (C=O) groups is 1. The molecule has 0 atom stereocenters. The fourth-order valence-corrected chi connectivity index (χ4v) is 2.51. The number of amides is 1. The maximum Gasteiger partial charge on any atom is 0.323 e. The summed E-state index contributed by atoms with van der Waals surface area (Å²) in [5.74, 6) is -0.756. The lowest BCUT2D eigenvalue weighted by molar-refractivity contribution is -0.395. The molecule has 11 heteroatoms. The molecule has 0 aliphatic rings. The summed E-state index contributed by atoms with van der Waals surface area (Å²) in [4.78, 5) is 49.3. The number of rotatable bonds is 4. The van der Waals surface area contributed by atoms with Crippen LogP contribution in [0.5, 0.6) is 0 Å². The number of aromatic amines is 2. The van der Waals surface area contributed by atoms with E-state index in [1.54, 1.807) is 6.07 Å². The molecule has 3 aromatic rings. The first-order valence-corrected chi connectivity index (χ1v) is 7.23. The molecule has 0 saturated carbocycles. The highest BCUT2D eigenvalue weighted by atomic mass is 16.6. The predicted octanol–water partition coefficient (Wildman–Crippen LogP) is 2.23. The van der Waals surface area contributed by atoms with E-state index in [1.807, 2.05) is 0 Å². The third-order valence-corrected chi connectivity index (χ3v) is 3.78. The second-order valence-electron chi connectivity index (χ2n) is 5.45. The Bertz CT molecular complexity index is 1090. The van der Waals surface area contributed by atoms with Gasteiger partial charge in [-0.3, -0.25) is 25.0 Å². The van der Waals surface area contributed by atoms with Gasteiger partial charge in [-0.2, -0.15) is 0 Å². The molecule has 0 aliphatic heterocycles. The average Bonchev–Trinajstić information content (AvgIpc) is 2.93. The van der Waals surface area contributed by atoms with Gasteiger partial charge in [-0.25, -0.2) is 4.79 Å². The lowest BCUT2D eigenvalue weighted by Gasteiger charge is -2.07. The molecule has 3 rings (SSSR count). The van der Waals surface area contributed by atoms with E-state index in [9.17, 15) is 29.8 Å². The number of nitrogens with zero attached hydrogens (tertiary/aromatic N) is 2. The monoisotopic (exact) mass is 357 g/mol. The van der Waals surface area contributed by atoms with Crippen molar-refractivity contribution in [3.05, 3.63) is 72.2 Å². The van der Waals surface area contributed by atoms with Crippen LogP contribution in [-0.2, 0) is 0 Å². The molecule has 0 bridgehead atoms. The van der Waals surface area contributed by atoms with Gasteiger partial charge in [-0.05, 0) is 25.1 Å². The Labute approximate surface area is 144 Å². The van der Waals surface area contributed by atoms with Gasteiger partial charge in [0.15, 0.2) is 0 Å². The lowest BCUT2D eigenvalue weighted by atomic mass is 10.1. The zero-order chi connectivity index (χ0) is 19.0. The van der Waals surface area contributed by atoms with Crippen molar-refractivity contribution >= 4 is 34.0 Å². The highest BCUT2D eigenvalue weighted by Crippen LogP contribution is 2.29. The zero-order valence-corrected chi connectivity index (χ0v) is 13.2. The summed E-state index contributed by atoms with van der Waals surface area (Å²) in [5.41, 5.74) is -0.510. The number of hydrogen-bond acceptors (Lipinski definition) is 6. The molecule has 1 aromatic heterocycles. The Morgan fingerprint density at radius 1 is 1.00 bits per heavy atom. The summed E-state index contributed by atoms with van der Waals surface area (Å²) in [6, 6.07) is 6.52. The van der Waals surface area contributed by atoms with E-state index >= 15 is 0 Å². The maximum atomic E-state index is 12.4. The van der Waals surface area contributed by atoms with Gasteiger partial charge in [-0.15, -0.1) is 0 Å². The van der Waals surface area contributed by atoms with Crippen LogP contribution in [0.4, 0.5) is 17.1 Å². The van der Waals surface area contributed by atoms with Gasteiger partial charge < -0.3 is 15.3 Å². The van der Waals surface area contributed by atoms with Crippen molar-refractivity contribution in [2.45, 2.75) is 6.92 Å². The Balaban J connectivity index is 1.99. The van der Waals surface area contributed by atoms with Crippen LogP contribution in [0.3, 0.4) is 0 Å². The molecular weight excluding hydrogens is 346 g/mol. The summed E-state index contributed by atoms with van der Waals surface area (Å²) in [6.07, 6.45) is 0. The van der Waals surface area contributed by atoms with Crippen LogP contribution >= 0.6 is 0 Å². The topological polar surface area (TPSA) is 164 Å². The number of benzene rings is 2. The van der Waals surface area contributed by atoms with E-state index in [4.69, 9.17) is 0 Å². The Morgan fingerprint density at radius 2 is 1.58 bits per heavy atom. The molecule has 0 unspecified atom stereocenters. The molecule has 0 radical (unpaired) electrons. The normalized spacial score (nSPS) is 10.7. The van der Waals surface area contributed by atoms with Gasteiger partial charge in [0, 0.05) is 17.8 Å². The number of fused-ring (bicyclic) bond motifs is 1. The van der Waals surface area contributed by atoms with Crippen LogP contribution in [0.25, 0.3) is 11.0 Å². The van der Waals surface area contributed by atoms with Gasteiger partial charge in [0.2, 0.25) is 0 Å². The van der Waals surface area contributed by atoms with E-state index in [0.29, 0.717) is 16.7 Å². The molecular formula is C15H11N5O6. The van der Waals surface area contributed by atoms with E-state index in [-0.39, 0.29) is 11.1 Å². The van der Waals surface area contributed by atoms with Crippen molar-refractivity contribution in [2.24, 2.45) is 0 Å². The van der Waals surface area contributed by atoms with Gasteiger partial charge >= 0.3 is 5.69 Å². The summed E-state index contributed by atoms with van der Waals surface area (Å²) in [5, 5.41) is 24.7. The SMILES string of the molecule is Cc1c([N+](=O)[O-])cc(C(=O)Nc2ccc3[nH]c(=O)[nH]c3c2)cc1[N+](=O)[O-]. The Kier molecular flexibility index (Phi) is 3.96. The number of carbonyl (C=O) groups excluding carboxylic acids is 1. The van der Waals surface area contributed by atoms with E-state index in [0.717, 1.165) is 12.1 Å². The first-order valence-electron chi connectivity index (χ1n) is 7.23. The highest BCUT2D eigenvalue weighted by molar-refractivity contribution is 6.06. The Hall–Kier alpha value is -4.02. The zero-order valence-electron chi connectivity index (χ0n) is 13.2. The fourth-order valence-electron chi connectivity index (χ4n) is 2.51. The summed E-state index contributed by atoms with van der Waals surface area (Å²) in [6.45, 7) is 1.24. The average molecular weight is 357 g/mol. The first kappa shape index (κ1) is 16.8. The second kappa shape index (κ2) is 6.12. The van der Waals surface area contributed by atoms with Crippen LogP contribution in [0.1, 0.15) is 15.9 Å². The molecule has 1 amide bonds. The molecule has 26 heavy (non-hydrogen) atoms. The number of H-pyrrole nitrogens is 2. The number of nitrogens with one attached hydrogen (secondary N) is 3. The molecule has 1 heterocycles. The van der Waals surface area contributed by atoms with Crippen molar-refractivity contribution in [3.63, 3.8) is 0 Å². The fraction of sp³-hybridized carbons (Fsp3) is 0.0667. The molecule has 11 nitrogen and oxygen atoms in total. The van der Waals surface area contributed by atoms with Crippen LogP contribution in [0, 0.1) is 27.2 Å². The number of hydrogen-bond donors (Lipinski definition) is 3. The maximum absolute atomic E-state index is 12.4. The number of nitro benzene ring substituents is 2. The minimum Gasteiger partial charge on any atom is -0.322 e. The smallest absolute Gasteiger partial charge is 0.322 e. The molecule has 0 spiro atoms. The standard InChI is InChI=1S/C15H11N5O6/c1-7-12(19(23)24)4-8(5-13(7)20(25)26)14(21)16-9-2-3-10-11(6-9)18-15(22)17-10/h2-6H,1H3,(H,16,21)(H2,17,18,22). The van der Waals surface area contributed by atoms with Crippen LogP contribution in [0.15, 0.2) is 35.1 Å². The number of aromatic nitrogens is 2. The molecule has 0 aliphatic carbocycles.